The molecule has 0 saturated heterocycles. The number of nitrogens with zero attached hydrogens (tertiary/aromatic N) is 2. The Morgan fingerprint density at radius 3 is 2.72 bits per heavy atom. The summed E-state index contributed by atoms with van der Waals surface area (Å²) in [4.78, 5) is 26.2. The molecule has 6 nitrogen and oxygen atoms in total. The average Bonchev–Trinajstić information content (AvgIpc) is 3.18. The maximum absolute atomic E-state index is 12.7. The molecule has 1 heterocycles. The van der Waals surface area contributed by atoms with Crippen LogP contribution in [0.15, 0.2) is 36.9 Å². The molecule has 0 aliphatic heterocycles. The molecule has 0 fully saturated rings. The Balaban J connectivity index is 1.74. The van der Waals surface area contributed by atoms with Crippen LogP contribution in [0, 0.1) is 0 Å². The Labute approximate surface area is 197 Å². The number of H-pyrrole nitrogens is 1. The van der Waals surface area contributed by atoms with Crippen LogP contribution in [0.2, 0.25) is 10.0 Å². The maximum Gasteiger partial charge on any atom is 0.272 e. The minimum atomic E-state index is -0.315. The summed E-state index contributed by atoms with van der Waals surface area (Å²) in [6, 6.07) is 9.09. The van der Waals surface area contributed by atoms with Crippen LogP contribution in [0.25, 0.3) is 17.0 Å². The number of fused-ring (bicyclic) bond motifs is 1. The molecule has 0 aliphatic carbocycles. The average molecular weight is 473 g/mol. The van der Waals surface area contributed by atoms with Gasteiger partial charge in [0.2, 0.25) is 0 Å². The summed E-state index contributed by atoms with van der Waals surface area (Å²) < 4.78 is 0. The van der Waals surface area contributed by atoms with Gasteiger partial charge in [-0.1, -0.05) is 67.4 Å². The number of carbonyl (C=O) groups is 2. The zero-order chi connectivity index (χ0) is 23.3. The fraction of sp³-hybridized carbons (Fsp3) is 0.292. The van der Waals surface area contributed by atoms with Crippen molar-refractivity contribution in [3.63, 3.8) is 0 Å². The van der Waals surface area contributed by atoms with Crippen LogP contribution in [0.5, 0.6) is 0 Å². The molecule has 1 unspecified atom stereocenters. The Morgan fingerprint density at radius 2 is 2.03 bits per heavy atom. The molecule has 0 aliphatic rings. The second-order valence-corrected chi connectivity index (χ2v) is 8.53. The number of aldehydes is 1. The molecule has 32 heavy (non-hydrogen) atoms. The SMILES string of the molecule is C=Cc1ccc(CNC(=O)c2n[nH]c3cc(Cl)c(Cl)cc23)cc1CN(C)C(C=O)CCC. The van der Waals surface area contributed by atoms with Crippen LogP contribution in [0.4, 0.5) is 0 Å². The van der Waals surface area contributed by atoms with Crippen LogP contribution < -0.4 is 5.32 Å². The number of aromatic nitrogens is 2. The number of likely N-dealkylation sites (N-methyl/N-ethyl adjacent to an activating group) is 1. The molecular weight excluding hydrogens is 447 g/mol. The zero-order valence-corrected chi connectivity index (χ0v) is 19.6. The first kappa shape index (κ1) is 24.0. The lowest BCUT2D eigenvalue weighted by atomic mass is 10.0. The van der Waals surface area contributed by atoms with E-state index in [1.54, 1.807) is 18.2 Å². The molecule has 1 aromatic heterocycles. The summed E-state index contributed by atoms with van der Waals surface area (Å²) in [6.45, 7) is 6.89. The Bertz CT molecular complexity index is 1140. The Kier molecular flexibility index (Phi) is 8.07. The Hall–Kier alpha value is -2.67. The quantitative estimate of drug-likeness (QED) is 0.395. The second kappa shape index (κ2) is 10.8. The number of rotatable bonds is 10. The number of nitrogens with one attached hydrogen (secondary N) is 2. The molecular formula is C24H26Cl2N4O2. The maximum atomic E-state index is 12.7. The first-order chi connectivity index (χ1) is 15.4. The van der Waals surface area contributed by atoms with Gasteiger partial charge in [-0.2, -0.15) is 5.10 Å². The Morgan fingerprint density at radius 1 is 1.28 bits per heavy atom. The lowest BCUT2D eigenvalue weighted by molar-refractivity contribution is -0.112. The topological polar surface area (TPSA) is 78.1 Å². The van der Waals surface area contributed by atoms with Gasteiger partial charge in [0.05, 0.1) is 21.6 Å². The van der Waals surface area contributed by atoms with E-state index in [2.05, 4.69) is 29.0 Å². The smallest absolute Gasteiger partial charge is 0.272 e. The predicted octanol–water partition coefficient (Wildman–Crippen LogP) is 5.24. The van der Waals surface area contributed by atoms with Gasteiger partial charge in [0.1, 0.15) is 6.29 Å². The molecule has 0 spiro atoms. The van der Waals surface area contributed by atoms with Crippen molar-refractivity contribution >= 4 is 52.4 Å². The monoisotopic (exact) mass is 472 g/mol. The van der Waals surface area contributed by atoms with Crippen molar-refractivity contribution in [1.82, 2.24) is 20.4 Å². The first-order valence-corrected chi connectivity index (χ1v) is 11.1. The molecule has 2 aromatic carbocycles. The molecule has 0 radical (unpaired) electrons. The molecule has 0 bridgehead atoms. The largest absolute Gasteiger partial charge is 0.347 e. The summed E-state index contributed by atoms with van der Waals surface area (Å²) in [5, 5.41) is 11.2. The highest BCUT2D eigenvalue weighted by Crippen LogP contribution is 2.28. The number of benzene rings is 2. The fourth-order valence-electron chi connectivity index (χ4n) is 3.63. The van der Waals surface area contributed by atoms with E-state index < -0.39 is 0 Å². The molecule has 1 amide bonds. The summed E-state index contributed by atoms with van der Waals surface area (Å²) in [5.41, 5.74) is 3.88. The molecule has 3 aromatic rings. The third-order valence-electron chi connectivity index (χ3n) is 5.43. The fourth-order valence-corrected chi connectivity index (χ4v) is 3.96. The first-order valence-electron chi connectivity index (χ1n) is 10.4. The van der Waals surface area contributed by atoms with Gasteiger partial charge in [-0.15, -0.1) is 0 Å². The molecule has 8 heteroatoms. The van der Waals surface area contributed by atoms with Crippen molar-refractivity contribution in [2.24, 2.45) is 0 Å². The van der Waals surface area contributed by atoms with Crippen LogP contribution in [0.3, 0.4) is 0 Å². The van der Waals surface area contributed by atoms with Gasteiger partial charge in [0.15, 0.2) is 5.69 Å². The van der Waals surface area contributed by atoms with Crippen molar-refractivity contribution in [2.45, 2.75) is 38.9 Å². The molecule has 168 valence electrons. The lowest BCUT2D eigenvalue weighted by Crippen LogP contribution is -2.32. The minimum absolute atomic E-state index is 0.130. The number of aromatic amines is 1. The second-order valence-electron chi connectivity index (χ2n) is 7.71. The van der Waals surface area contributed by atoms with Gasteiger partial charge in [-0.25, -0.2) is 0 Å². The van der Waals surface area contributed by atoms with Gasteiger partial charge < -0.3 is 10.1 Å². The van der Waals surface area contributed by atoms with Crippen molar-refractivity contribution in [2.75, 3.05) is 7.05 Å². The van der Waals surface area contributed by atoms with Gasteiger partial charge in [0, 0.05) is 18.5 Å². The van der Waals surface area contributed by atoms with Crippen LogP contribution in [-0.4, -0.2) is 40.4 Å². The van der Waals surface area contributed by atoms with Crippen LogP contribution >= 0.6 is 23.2 Å². The number of amides is 1. The summed E-state index contributed by atoms with van der Waals surface area (Å²) >= 11 is 12.1. The van der Waals surface area contributed by atoms with E-state index in [0.717, 1.165) is 35.8 Å². The number of halogens is 2. The lowest BCUT2D eigenvalue weighted by Gasteiger charge is -2.24. The summed E-state index contributed by atoms with van der Waals surface area (Å²) in [6.07, 6.45) is 4.54. The van der Waals surface area contributed by atoms with Gasteiger partial charge >= 0.3 is 0 Å². The number of hydrogen-bond donors (Lipinski definition) is 2. The minimum Gasteiger partial charge on any atom is -0.347 e. The van der Waals surface area contributed by atoms with E-state index >= 15 is 0 Å². The van der Waals surface area contributed by atoms with Crippen molar-refractivity contribution in [3.05, 3.63) is 69.3 Å². The number of hydrogen-bond acceptors (Lipinski definition) is 4. The van der Waals surface area contributed by atoms with E-state index in [4.69, 9.17) is 23.2 Å². The van der Waals surface area contributed by atoms with E-state index in [-0.39, 0.29) is 17.6 Å². The van der Waals surface area contributed by atoms with Gasteiger partial charge in [-0.05, 0) is 42.3 Å². The predicted molar refractivity (Wildman–Crippen MR) is 130 cm³/mol. The standard InChI is InChI=1S/C24H26Cl2N4O2/c1-4-6-18(14-31)30(3)13-17-9-15(7-8-16(17)5-2)12-27-24(32)23-19-10-20(25)21(26)11-22(19)28-29-23/h5,7-11,14,18H,2,4,6,12-13H2,1,3H3,(H,27,32)(H,28,29). The summed E-state index contributed by atoms with van der Waals surface area (Å²) in [5.74, 6) is -0.315. The van der Waals surface area contributed by atoms with E-state index in [1.165, 1.54) is 0 Å². The van der Waals surface area contributed by atoms with E-state index in [9.17, 15) is 9.59 Å². The van der Waals surface area contributed by atoms with E-state index in [1.807, 2.05) is 30.1 Å². The zero-order valence-electron chi connectivity index (χ0n) is 18.1. The molecule has 2 N–H and O–H groups in total. The third-order valence-corrected chi connectivity index (χ3v) is 6.15. The molecule has 0 saturated carbocycles. The van der Waals surface area contributed by atoms with Crippen molar-refractivity contribution in [3.8, 4) is 0 Å². The molecule has 3 rings (SSSR count). The third kappa shape index (κ3) is 5.38. The highest BCUT2D eigenvalue weighted by atomic mass is 35.5. The summed E-state index contributed by atoms with van der Waals surface area (Å²) in [7, 11) is 1.94. The van der Waals surface area contributed by atoms with Crippen LogP contribution in [-0.2, 0) is 17.9 Å². The molecule has 1 atom stereocenters. The highest BCUT2D eigenvalue weighted by molar-refractivity contribution is 6.42. The van der Waals surface area contributed by atoms with Crippen molar-refractivity contribution in [1.29, 1.82) is 0 Å². The van der Waals surface area contributed by atoms with E-state index in [0.29, 0.717) is 34.0 Å². The number of carbonyl (C=O) groups excluding carboxylic acids is 2. The van der Waals surface area contributed by atoms with Gasteiger partial charge in [-0.3, -0.25) is 14.8 Å². The van der Waals surface area contributed by atoms with Crippen molar-refractivity contribution < 1.29 is 9.59 Å². The highest BCUT2D eigenvalue weighted by Gasteiger charge is 2.17. The normalized spacial score (nSPS) is 12.2. The van der Waals surface area contributed by atoms with Crippen LogP contribution in [0.1, 0.15) is 46.9 Å². The van der Waals surface area contributed by atoms with Gasteiger partial charge in [0.25, 0.3) is 5.91 Å².